The number of alkyl halides is 4. The Bertz CT molecular complexity index is 2190. The number of fused-ring (bicyclic) bond motifs is 7. The highest BCUT2D eigenvalue weighted by molar-refractivity contribution is 7.91. The van der Waals surface area contributed by atoms with E-state index < -0.39 is 130 Å². The van der Waals surface area contributed by atoms with Crippen LogP contribution in [-0.4, -0.2) is 102 Å². The van der Waals surface area contributed by atoms with Crippen molar-refractivity contribution in [2.45, 2.75) is 132 Å². The average Bonchev–Trinajstić information content (AvgIpc) is 4.11. The van der Waals surface area contributed by atoms with Crippen LogP contribution < -0.4 is 24.8 Å². The highest BCUT2D eigenvalue weighted by Gasteiger charge is 2.67. The zero-order chi connectivity index (χ0) is 43.1. The van der Waals surface area contributed by atoms with Gasteiger partial charge in [0.1, 0.15) is 35.6 Å². The Morgan fingerprint density at radius 3 is 2.43 bits per heavy atom. The molecule has 0 radical (unpaired) electrons. The maximum atomic E-state index is 16.4. The molecule has 4 aliphatic carbocycles. The summed E-state index contributed by atoms with van der Waals surface area (Å²) >= 11 is 0. The van der Waals surface area contributed by atoms with Gasteiger partial charge in [-0.2, -0.15) is 8.78 Å². The molecule has 20 heteroatoms. The van der Waals surface area contributed by atoms with E-state index in [1.54, 1.807) is 26.8 Å². The van der Waals surface area contributed by atoms with Gasteiger partial charge >= 0.3 is 6.09 Å². The lowest BCUT2D eigenvalue weighted by molar-refractivity contribution is -0.143. The van der Waals surface area contributed by atoms with Crippen LogP contribution in [0.2, 0.25) is 0 Å². The number of nitrogens with zero attached hydrogens (tertiary/aromatic N) is 3. The molecule has 6 aliphatic rings. The third-order valence-corrected chi connectivity index (χ3v) is 14.9. The Morgan fingerprint density at radius 2 is 1.77 bits per heavy atom. The standard InChI is InChI=1S/C40H50F4N6O9S/c1-38(2,3)31-35(52)50-18-21(16-28(50)33(51)48-39(17-25(39)32(41)42)36(53)49-60(55,56)22-9-10-22)58-34-30(45-26-11-8-20(57-4)15-27(26)46-34)40(43,44)12-6-5-7-23-24-13-19(24)14-29(23)59-37(54)47-31/h8,11,15,19,21-25,28-29,31-32H,5-7,9-10,12-14,16-18H2,1-4H3,(H,47,54)(H,48,51)(H,49,53)/t19-,21+,23+,24-,25-,28-,29+,31+,39+/m0/s1. The molecule has 0 spiro atoms. The molecule has 1 saturated heterocycles. The summed E-state index contributed by atoms with van der Waals surface area (Å²) in [5, 5.41) is 4.19. The topological polar surface area (TPSA) is 195 Å². The molecule has 1 aromatic carbocycles. The van der Waals surface area contributed by atoms with Gasteiger partial charge in [0.2, 0.25) is 34.1 Å². The van der Waals surface area contributed by atoms with Crippen molar-refractivity contribution in [2.75, 3.05) is 13.7 Å². The van der Waals surface area contributed by atoms with Crippen LogP contribution >= 0.6 is 0 Å². The van der Waals surface area contributed by atoms with Gasteiger partial charge in [-0.1, -0.05) is 27.2 Å². The van der Waals surface area contributed by atoms with E-state index in [0.717, 1.165) is 11.3 Å². The van der Waals surface area contributed by atoms with Gasteiger partial charge in [0, 0.05) is 18.9 Å². The number of carbonyl (C=O) groups is 4. The number of halogens is 4. The van der Waals surface area contributed by atoms with Crippen LogP contribution in [0, 0.1) is 29.1 Å². The molecular weight excluding hydrogens is 817 g/mol. The second-order valence-electron chi connectivity index (χ2n) is 18.4. The molecule has 4 amide bonds. The van der Waals surface area contributed by atoms with E-state index in [1.165, 1.54) is 19.2 Å². The van der Waals surface area contributed by atoms with Crippen LogP contribution in [0.5, 0.6) is 11.6 Å². The Hall–Kier alpha value is -4.49. The van der Waals surface area contributed by atoms with Crippen LogP contribution in [0.1, 0.15) is 90.7 Å². The molecule has 2 aliphatic heterocycles. The first-order valence-corrected chi connectivity index (χ1v) is 22.1. The van der Waals surface area contributed by atoms with E-state index in [9.17, 15) is 36.4 Å². The van der Waals surface area contributed by atoms with Crippen molar-refractivity contribution in [3.8, 4) is 11.6 Å². The third kappa shape index (κ3) is 8.15. The quantitative estimate of drug-likeness (QED) is 0.330. The van der Waals surface area contributed by atoms with Gasteiger partial charge in [0.15, 0.2) is 5.69 Å². The van der Waals surface area contributed by atoms with Crippen molar-refractivity contribution in [1.82, 2.24) is 30.2 Å². The zero-order valence-corrected chi connectivity index (χ0v) is 34.5. The summed E-state index contributed by atoms with van der Waals surface area (Å²) in [6.07, 6.45) is -4.07. The fourth-order valence-electron chi connectivity index (χ4n) is 9.34. The first-order chi connectivity index (χ1) is 28.2. The molecule has 2 bridgehead atoms. The predicted molar refractivity (Wildman–Crippen MR) is 204 cm³/mol. The minimum absolute atomic E-state index is 0.0536. The van der Waals surface area contributed by atoms with Crippen molar-refractivity contribution in [1.29, 1.82) is 0 Å². The Morgan fingerprint density at radius 1 is 1.02 bits per heavy atom. The molecule has 5 fully saturated rings. The number of hydrogen-bond donors (Lipinski definition) is 3. The summed E-state index contributed by atoms with van der Waals surface area (Å²) in [4.78, 5) is 65.9. The molecule has 15 nitrogen and oxygen atoms in total. The first-order valence-electron chi connectivity index (χ1n) is 20.6. The fraction of sp³-hybridized carbons (Fsp3) is 0.700. The monoisotopic (exact) mass is 866 g/mol. The number of carbonyl (C=O) groups excluding carboxylic acids is 4. The van der Waals surface area contributed by atoms with Crippen LogP contribution in [0.25, 0.3) is 11.0 Å². The molecule has 3 heterocycles. The van der Waals surface area contributed by atoms with Crippen LogP contribution in [0.15, 0.2) is 18.2 Å². The minimum Gasteiger partial charge on any atom is -0.497 e. The molecule has 9 atom stereocenters. The lowest BCUT2D eigenvalue weighted by atomic mass is 9.85. The second-order valence-corrected chi connectivity index (χ2v) is 20.4. The summed E-state index contributed by atoms with van der Waals surface area (Å²) in [7, 11) is -2.78. The minimum atomic E-state index is -4.20. The number of hydrogen-bond acceptors (Lipinski definition) is 11. The SMILES string of the molecule is COc1ccc2nc3c(nc2c1)O[C@@H]1C[C@@H](C(=O)N[C@]2(C(=O)NS(=O)(=O)C4CC4)C[C@H]2C(F)F)N(C1)C(=O)[C@H](C(C)(C)C)NC(=O)O[C@@H]1C[C@@H]2C[C@@H]2[C@H]1CCCCC3(F)F. The highest BCUT2D eigenvalue weighted by atomic mass is 32.2. The second kappa shape index (κ2) is 15.1. The Kier molecular flexibility index (Phi) is 10.7. The lowest BCUT2D eigenvalue weighted by Crippen LogP contribution is -2.60. The van der Waals surface area contributed by atoms with E-state index in [-0.39, 0.29) is 36.2 Å². The molecule has 4 saturated carbocycles. The lowest BCUT2D eigenvalue weighted by Gasteiger charge is -2.36. The van der Waals surface area contributed by atoms with Gasteiger partial charge in [-0.25, -0.2) is 32.0 Å². The number of methoxy groups -OCH3 is 1. The number of sulfonamides is 1. The number of benzene rings is 1. The molecule has 60 heavy (non-hydrogen) atoms. The van der Waals surface area contributed by atoms with E-state index in [1.807, 2.05) is 4.72 Å². The van der Waals surface area contributed by atoms with Gasteiger partial charge in [-0.3, -0.25) is 19.1 Å². The largest absolute Gasteiger partial charge is 0.497 e. The smallest absolute Gasteiger partial charge is 0.408 e. The number of ether oxygens (including phenoxy) is 3. The molecule has 3 N–H and O–H groups in total. The molecule has 2 aromatic rings. The Balaban J connectivity index is 1.16. The summed E-state index contributed by atoms with van der Waals surface area (Å²) < 4.78 is 106. The normalized spacial score (nSPS) is 32.9. The predicted octanol–water partition coefficient (Wildman–Crippen LogP) is 4.57. The van der Waals surface area contributed by atoms with E-state index in [2.05, 4.69) is 20.6 Å². The van der Waals surface area contributed by atoms with Gasteiger partial charge in [-0.05, 0) is 80.2 Å². The summed E-state index contributed by atoms with van der Waals surface area (Å²) in [5.74, 6) is -8.09. The zero-order valence-electron chi connectivity index (χ0n) is 33.7. The highest BCUT2D eigenvalue weighted by Crippen LogP contribution is 2.58. The summed E-state index contributed by atoms with van der Waals surface area (Å²) in [6.45, 7) is 4.61. The van der Waals surface area contributed by atoms with Crippen LogP contribution in [-0.2, 0) is 35.1 Å². The number of nitrogens with one attached hydrogen (secondary N) is 3. The van der Waals surface area contributed by atoms with Crippen LogP contribution in [0.3, 0.4) is 0 Å². The third-order valence-electron chi connectivity index (χ3n) is 13.0. The summed E-state index contributed by atoms with van der Waals surface area (Å²) in [5.41, 5.74) is -3.77. The molecule has 1 aromatic heterocycles. The van der Waals surface area contributed by atoms with E-state index in [4.69, 9.17) is 14.2 Å². The number of rotatable bonds is 7. The van der Waals surface area contributed by atoms with Crippen molar-refractivity contribution < 1.29 is 59.4 Å². The van der Waals surface area contributed by atoms with Crippen molar-refractivity contribution >= 4 is 44.9 Å². The van der Waals surface area contributed by atoms with Crippen molar-refractivity contribution in [3.05, 3.63) is 23.9 Å². The van der Waals surface area contributed by atoms with Crippen molar-refractivity contribution in [3.63, 3.8) is 0 Å². The van der Waals surface area contributed by atoms with E-state index in [0.29, 0.717) is 36.8 Å². The summed E-state index contributed by atoms with van der Waals surface area (Å²) in [6, 6.07) is 1.63. The van der Waals surface area contributed by atoms with Gasteiger partial charge < -0.3 is 29.7 Å². The average molecular weight is 867 g/mol. The maximum Gasteiger partial charge on any atom is 0.408 e. The van der Waals surface area contributed by atoms with E-state index >= 15 is 8.78 Å². The molecule has 328 valence electrons. The van der Waals surface area contributed by atoms with Crippen LogP contribution in [0.4, 0.5) is 22.4 Å². The van der Waals surface area contributed by atoms with Crippen molar-refractivity contribution in [2.24, 2.45) is 29.1 Å². The Labute approximate surface area is 344 Å². The molecule has 0 unspecified atom stereocenters. The fourth-order valence-corrected chi connectivity index (χ4v) is 10.7. The van der Waals surface area contributed by atoms with Gasteiger partial charge in [0.05, 0.1) is 35.9 Å². The number of aromatic nitrogens is 2. The maximum absolute atomic E-state index is 16.4. The number of alkyl carbamates (subject to hydrolysis) is 1. The molecule has 8 rings (SSSR count). The first kappa shape index (κ1) is 42.2. The van der Waals surface area contributed by atoms with Gasteiger partial charge in [0.25, 0.3) is 11.8 Å². The number of amides is 4. The van der Waals surface area contributed by atoms with Gasteiger partial charge in [-0.15, -0.1) is 0 Å². The molecular formula is C40H50F4N6O9S.